The first-order valence-corrected chi connectivity index (χ1v) is 11.9. The van der Waals surface area contributed by atoms with E-state index in [9.17, 15) is 13.2 Å². The van der Waals surface area contributed by atoms with Gasteiger partial charge in [-0.1, -0.05) is 24.3 Å². The molecule has 0 radical (unpaired) electrons. The molecule has 0 unspecified atom stereocenters. The van der Waals surface area contributed by atoms with Gasteiger partial charge in [0, 0.05) is 46.3 Å². The van der Waals surface area contributed by atoms with Crippen LogP contribution in [0.15, 0.2) is 45.8 Å². The molecule has 0 bridgehead atoms. The minimum Gasteiger partial charge on any atom is -0.486 e. The molecule has 2 aromatic rings. The molecule has 1 saturated heterocycles. The largest absolute Gasteiger partial charge is 0.486 e. The van der Waals surface area contributed by atoms with Gasteiger partial charge in [-0.2, -0.15) is 17.0 Å². The zero-order chi connectivity index (χ0) is 22.0. The van der Waals surface area contributed by atoms with Crippen LogP contribution in [-0.2, 0) is 29.8 Å². The SMILES string of the molecule is CN(C)S(=O)(=O)N1CCC(COc2coc(CN3Cc4ccccc4C3)cc2=O)CC1. The van der Waals surface area contributed by atoms with Crippen molar-refractivity contribution in [1.29, 1.82) is 0 Å². The van der Waals surface area contributed by atoms with Crippen LogP contribution in [0.5, 0.6) is 5.75 Å². The number of fused-ring (bicyclic) bond motifs is 1. The summed E-state index contributed by atoms with van der Waals surface area (Å²) in [4.78, 5) is 14.7. The van der Waals surface area contributed by atoms with Gasteiger partial charge in [0.15, 0.2) is 0 Å². The molecular weight excluding hydrogens is 418 g/mol. The highest BCUT2D eigenvalue weighted by atomic mass is 32.2. The molecule has 31 heavy (non-hydrogen) atoms. The molecule has 168 valence electrons. The summed E-state index contributed by atoms with van der Waals surface area (Å²) >= 11 is 0. The predicted octanol–water partition coefficient (Wildman–Crippen LogP) is 2.05. The lowest BCUT2D eigenvalue weighted by Gasteiger charge is -2.32. The summed E-state index contributed by atoms with van der Waals surface area (Å²) in [5, 5.41) is 0. The number of hydrogen-bond donors (Lipinski definition) is 0. The summed E-state index contributed by atoms with van der Waals surface area (Å²) in [6, 6.07) is 9.84. The molecule has 0 N–H and O–H groups in total. The molecule has 1 fully saturated rings. The lowest BCUT2D eigenvalue weighted by atomic mass is 9.99. The Balaban J connectivity index is 1.28. The molecule has 0 saturated carbocycles. The van der Waals surface area contributed by atoms with Gasteiger partial charge in [-0.3, -0.25) is 9.69 Å². The topological polar surface area (TPSA) is 83.3 Å². The van der Waals surface area contributed by atoms with Gasteiger partial charge >= 0.3 is 0 Å². The van der Waals surface area contributed by atoms with Gasteiger partial charge in [-0.15, -0.1) is 0 Å². The smallest absolute Gasteiger partial charge is 0.281 e. The fourth-order valence-corrected chi connectivity index (χ4v) is 5.24. The Bertz CT molecular complexity index is 1050. The van der Waals surface area contributed by atoms with Crippen LogP contribution in [0.2, 0.25) is 0 Å². The number of hydrogen-bond acceptors (Lipinski definition) is 6. The Morgan fingerprint density at radius 3 is 2.35 bits per heavy atom. The minimum absolute atomic E-state index is 0.189. The third-order valence-corrected chi connectivity index (χ3v) is 7.91. The molecule has 0 aliphatic carbocycles. The molecule has 4 rings (SSSR count). The first kappa shape index (κ1) is 22.0. The summed E-state index contributed by atoms with van der Waals surface area (Å²) in [6.07, 6.45) is 2.80. The third-order valence-electron chi connectivity index (χ3n) is 5.97. The van der Waals surface area contributed by atoms with E-state index in [2.05, 4.69) is 17.0 Å². The number of benzene rings is 1. The molecule has 9 heteroatoms. The van der Waals surface area contributed by atoms with Crippen molar-refractivity contribution in [2.75, 3.05) is 33.8 Å². The average Bonchev–Trinajstić information content (AvgIpc) is 3.15. The monoisotopic (exact) mass is 447 g/mol. The molecule has 0 spiro atoms. The Kier molecular flexibility index (Phi) is 6.47. The van der Waals surface area contributed by atoms with Gasteiger partial charge in [0.1, 0.15) is 12.0 Å². The first-order valence-electron chi connectivity index (χ1n) is 10.5. The number of piperidine rings is 1. The molecule has 0 atom stereocenters. The van der Waals surface area contributed by atoms with E-state index in [0.717, 1.165) is 13.1 Å². The van der Waals surface area contributed by atoms with Crippen molar-refractivity contribution < 1.29 is 17.6 Å². The quantitative estimate of drug-likeness (QED) is 0.646. The second kappa shape index (κ2) is 9.12. The highest BCUT2D eigenvalue weighted by molar-refractivity contribution is 7.86. The summed E-state index contributed by atoms with van der Waals surface area (Å²) < 4.78 is 38.5. The van der Waals surface area contributed by atoms with Gasteiger partial charge in [0.05, 0.1) is 13.2 Å². The predicted molar refractivity (Wildman–Crippen MR) is 117 cm³/mol. The van der Waals surface area contributed by atoms with Crippen LogP contribution < -0.4 is 10.2 Å². The Morgan fingerprint density at radius 1 is 1.13 bits per heavy atom. The Labute approximate surface area is 183 Å². The normalized spacial score (nSPS) is 18.4. The maximum absolute atomic E-state index is 12.5. The zero-order valence-corrected chi connectivity index (χ0v) is 18.8. The van der Waals surface area contributed by atoms with Gasteiger partial charge in [0.25, 0.3) is 10.2 Å². The second-order valence-electron chi connectivity index (χ2n) is 8.43. The molecule has 1 aromatic carbocycles. The van der Waals surface area contributed by atoms with Crippen LogP contribution in [0.4, 0.5) is 0 Å². The van der Waals surface area contributed by atoms with E-state index >= 15 is 0 Å². The van der Waals surface area contributed by atoms with Crippen LogP contribution in [0.1, 0.15) is 29.7 Å². The van der Waals surface area contributed by atoms with Crippen LogP contribution in [0.25, 0.3) is 0 Å². The van der Waals surface area contributed by atoms with E-state index < -0.39 is 10.2 Å². The average molecular weight is 448 g/mol. The van der Waals surface area contributed by atoms with E-state index in [0.29, 0.717) is 44.8 Å². The van der Waals surface area contributed by atoms with Crippen molar-refractivity contribution in [1.82, 2.24) is 13.5 Å². The van der Waals surface area contributed by atoms with Gasteiger partial charge < -0.3 is 9.15 Å². The van der Waals surface area contributed by atoms with Crippen molar-refractivity contribution in [3.8, 4) is 5.75 Å². The van der Waals surface area contributed by atoms with Crippen LogP contribution in [0.3, 0.4) is 0 Å². The summed E-state index contributed by atoms with van der Waals surface area (Å²) in [6.45, 7) is 3.56. The van der Waals surface area contributed by atoms with Crippen LogP contribution in [-0.4, -0.2) is 55.7 Å². The molecule has 8 nitrogen and oxygen atoms in total. The number of rotatable bonds is 7. The highest BCUT2D eigenvalue weighted by Crippen LogP contribution is 2.24. The molecule has 2 aliphatic rings. The second-order valence-corrected chi connectivity index (χ2v) is 10.6. The third kappa shape index (κ3) is 5.01. The van der Waals surface area contributed by atoms with Crippen molar-refractivity contribution in [3.05, 3.63) is 63.7 Å². The summed E-state index contributed by atoms with van der Waals surface area (Å²) in [7, 11) is -0.297. The zero-order valence-electron chi connectivity index (χ0n) is 18.0. The first-order chi connectivity index (χ1) is 14.8. The van der Waals surface area contributed by atoms with Crippen molar-refractivity contribution >= 4 is 10.2 Å². The standard InChI is InChI=1S/C22H29N3O5S/c1-23(2)31(27,28)25-9-7-17(8-10-25)15-30-22-16-29-20(11-21(22)26)14-24-12-18-5-3-4-6-19(18)13-24/h3-6,11,16-17H,7-10,12-15H2,1-2H3. The van der Waals surface area contributed by atoms with Crippen LogP contribution >= 0.6 is 0 Å². The molecule has 2 aliphatic heterocycles. The van der Waals surface area contributed by atoms with Gasteiger partial charge in [-0.25, -0.2) is 0 Å². The summed E-state index contributed by atoms with van der Waals surface area (Å²) in [5.74, 6) is 1.03. The maximum atomic E-state index is 12.5. The van der Waals surface area contributed by atoms with Gasteiger partial charge in [0.2, 0.25) is 11.2 Å². The fraction of sp³-hybridized carbons (Fsp3) is 0.500. The minimum atomic E-state index is -3.37. The maximum Gasteiger partial charge on any atom is 0.281 e. The summed E-state index contributed by atoms with van der Waals surface area (Å²) in [5.41, 5.74) is 2.44. The lowest BCUT2D eigenvalue weighted by Crippen LogP contribution is -2.45. The van der Waals surface area contributed by atoms with Crippen molar-refractivity contribution in [2.45, 2.75) is 32.5 Å². The van der Waals surface area contributed by atoms with E-state index in [1.165, 1.54) is 46.2 Å². The van der Waals surface area contributed by atoms with Crippen molar-refractivity contribution in [3.63, 3.8) is 0 Å². The molecular formula is C22H29N3O5S. The Morgan fingerprint density at radius 2 is 1.77 bits per heavy atom. The molecule has 1 aromatic heterocycles. The van der Waals surface area contributed by atoms with E-state index in [1.54, 1.807) is 0 Å². The number of ether oxygens (including phenoxy) is 1. The molecule has 3 heterocycles. The van der Waals surface area contributed by atoms with Crippen molar-refractivity contribution in [2.24, 2.45) is 5.92 Å². The highest BCUT2D eigenvalue weighted by Gasteiger charge is 2.29. The number of nitrogens with zero attached hydrogens (tertiary/aromatic N) is 3. The van der Waals surface area contributed by atoms with Crippen LogP contribution in [0, 0.1) is 5.92 Å². The lowest BCUT2D eigenvalue weighted by molar-refractivity contribution is 0.177. The Hall–Kier alpha value is -2.20. The van der Waals surface area contributed by atoms with E-state index in [4.69, 9.17) is 9.15 Å². The van der Waals surface area contributed by atoms with E-state index in [1.807, 2.05) is 12.1 Å². The fourth-order valence-electron chi connectivity index (χ4n) is 4.11. The van der Waals surface area contributed by atoms with E-state index in [-0.39, 0.29) is 17.1 Å². The molecule has 0 amide bonds. The van der Waals surface area contributed by atoms with Gasteiger partial charge in [-0.05, 0) is 29.9 Å².